The number of hydrogen-bond acceptors (Lipinski definition) is 10. The number of benzene rings is 4. The fourth-order valence-corrected chi connectivity index (χ4v) is 7.82. The second-order valence-corrected chi connectivity index (χ2v) is 18.4. The number of sulfonamides is 2. The highest BCUT2D eigenvalue weighted by molar-refractivity contribution is 7.93. The zero-order chi connectivity index (χ0) is 45.6. The molecule has 0 atom stereocenters. The molecule has 0 aliphatic heterocycles. The van der Waals surface area contributed by atoms with Crippen LogP contribution in [-0.4, -0.2) is 56.1 Å². The molecule has 2 aromatic heterocycles. The molecule has 0 saturated carbocycles. The Morgan fingerprint density at radius 3 is 1.32 bits per heavy atom. The molecule has 13 nitrogen and oxygen atoms in total. The maximum Gasteiger partial charge on any atom is 0.261 e. The molecule has 19 heteroatoms. The van der Waals surface area contributed by atoms with Crippen molar-refractivity contribution in [1.29, 1.82) is 0 Å². The van der Waals surface area contributed by atoms with Gasteiger partial charge in [-0.1, -0.05) is 23.2 Å². The fourth-order valence-electron chi connectivity index (χ4n) is 5.32. The molecule has 0 amide bonds. The summed E-state index contributed by atoms with van der Waals surface area (Å²) in [7, 11) is -7.88. The Balaban J connectivity index is 0.000000257. The molecule has 0 spiro atoms. The fraction of sp³-hybridized carbons (Fsp3) is 0.163. The third kappa shape index (κ3) is 14.3. The van der Waals surface area contributed by atoms with E-state index < -0.39 is 25.8 Å². The van der Waals surface area contributed by atoms with Gasteiger partial charge in [-0.25, -0.2) is 16.8 Å². The van der Waals surface area contributed by atoms with E-state index in [1.54, 1.807) is 36.4 Å². The quantitative estimate of drug-likeness (QED) is 0.0412. The lowest BCUT2D eigenvalue weighted by Gasteiger charge is -2.14. The molecule has 0 aliphatic rings. The van der Waals surface area contributed by atoms with Crippen molar-refractivity contribution in [1.82, 2.24) is 4.98 Å². The zero-order valence-electron chi connectivity index (χ0n) is 33.5. The van der Waals surface area contributed by atoms with E-state index in [9.17, 15) is 31.6 Å². The summed E-state index contributed by atoms with van der Waals surface area (Å²) >= 11 is 21.6. The molecule has 0 radical (unpaired) electrons. The number of nitrogens with zero attached hydrogens (tertiary/aromatic N) is 2. The van der Waals surface area contributed by atoms with Crippen LogP contribution in [0, 0.1) is 0 Å². The molecule has 6 rings (SSSR count). The first-order valence-corrected chi connectivity index (χ1v) is 23.1. The summed E-state index contributed by atoms with van der Waals surface area (Å²) in [6, 6.07) is 26.7. The van der Waals surface area contributed by atoms with Crippen LogP contribution in [0.25, 0.3) is 0 Å². The third-order valence-corrected chi connectivity index (χ3v) is 11.2. The molecular weight excluding hydrogens is 922 g/mol. The van der Waals surface area contributed by atoms with Gasteiger partial charge in [0.05, 0.1) is 38.7 Å². The highest BCUT2D eigenvalue weighted by atomic mass is 35.5. The zero-order valence-corrected chi connectivity index (χ0v) is 38.2. The predicted molar refractivity (Wildman–Crippen MR) is 240 cm³/mol. The average Bonchev–Trinajstić information content (AvgIpc) is 3.22. The second kappa shape index (κ2) is 22.6. The number of hydrogen-bond donors (Lipinski definition) is 3. The summed E-state index contributed by atoms with van der Waals surface area (Å²) in [5.41, 5.74) is 1.09. The van der Waals surface area contributed by atoms with E-state index in [0.29, 0.717) is 22.1 Å². The number of rotatable bonds is 14. The molecule has 62 heavy (non-hydrogen) atoms. The van der Waals surface area contributed by atoms with Gasteiger partial charge in [0.1, 0.15) is 11.5 Å². The van der Waals surface area contributed by atoms with Gasteiger partial charge in [0.15, 0.2) is 11.6 Å². The summed E-state index contributed by atoms with van der Waals surface area (Å²) in [6.45, 7) is 7.51. The SMILES string of the molecule is CC(C)Oc1ccc(S(=O)(=O)Nc2ccc(Cl)cc2C(=O)c2cc[n+](O)cc2)cc1.CC(C)Oc1ccc(S(=O)(=O)Nc2ccc(Cl)cc2C(=O)c2ccncc2)cc1.ClCCl. The van der Waals surface area contributed by atoms with Gasteiger partial charge in [0.25, 0.3) is 20.0 Å². The van der Waals surface area contributed by atoms with Crippen molar-refractivity contribution in [3.05, 3.63) is 166 Å². The Bertz CT molecular complexity index is 2670. The molecule has 0 unspecified atom stereocenters. The molecule has 0 fully saturated rings. The van der Waals surface area contributed by atoms with Crippen molar-refractivity contribution < 1.29 is 45.8 Å². The topological polar surface area (TPSA) is 182 Å². The van der Waals surface area contributed by atoms with Gasteiger partial charge >= 0.3 is 0 Å². The Hall–Kier alpha value is -5.42. The van der Waals surface area contributed by atoms with Gasteiger partial charge in [0, 0.05) is 61.6 Å². The van der Waals surface area contributed by atoms with E-state index in [4.69, 9.17) is 55.9 Å². The number of anilines is 2. The first-order chi connectivity index (χ1) is 29.3. The van der Waals surface area contributed by atoms with Gasteiger partial charge in [-0.2, -0.15) is 0 Å². The minimum atomic E-state index is -3.96. The van der Waals surface area contributed by atoms with Gasteiger partial charge in [0.2, 0.25) is 12.4 Å². The van der Waals surface area contributed by atoms with E-state index >= 15 is 0 Å². The van der Waals surface area contributed by atoms with Gasteiger partial charge in [-0.3, -0.25) is 29.2 Å². The maximum atomic E-state index is 12.9. The smallest absolute Gasteiger partial charge is 0.261 e. The first-order valence-electron chi connectivity index (χ1n) is 18.3. The van der Waals surface area contributed by atoms with Crippen LogP contribution in [0.15, 0.2) is 144 Å². The van der Waals surface area contributed by atoms with E-state index in [2.05, 4.69) is 14.4 Å². The molecule has 0 bridgehead atoms. The lowest BCUT2D eigenvalue weighted by atomic mass is 10.0. The third-order valence-electron chi connectivity index (χ3n) is 7.97. The van der Waals surface area contributed by atoms with Crippen molar-refractivity contribution in [2.45, 2.75) is 49.7 Å². The van der Waals surface area contributed by atoms with E-state index in [1.165, 1.54) is 97.6 Å². The van der Waals surface area contributed by atoms with Crippen molar-refractivity contribution in [2.75, 3.05) is 14.8 Å². The minimum Gasteiger partial charge on any atom is -0.491 e. The van der Waals surface area contributed by atoms with E-state index in [1.807, 2.05) is 27.7 Å². The standard InChI is InChI=1S/C21H19ClN2O5S.C21H19ClN2O4S.CH2Cl2/c1-14(2)29-17-4-6-18(7-5-17)30(27,28)23-20-8-3-16(22)13-19(20)21(25)15-9-11-24(26)12-10-15;1-14(2)28-17-4-6-18(7-5-17)29(26,27)24-20-8-3-16(22)13-19(20)21(25)15-9-11-23-12-10-15;2-1-3/h3-14H,1-2H3,(H-,23,25,26);3-14,24H,1-2H3;1H2/p+1. The highest BCUT2D eigenvalue weighted by Gasteiger charge is 2.23. The van der Waals surface area contributed by atoms with Crippen molar-refractivity contribution >= 4 is 89.4 Å². The number of carbonyl (C=O) groups excluding carboxylic acids is 2. The van der Waals surface area contributed by atoms with E-state index in [-0.39, 0.29) is 66.2 Å². The lowest BCUT2D eigenvalue weighted by Crippen LogP contribution is -2.28. The van der Waals surface area contributed by atoms with Crippen LogP contribution in [0.1, 0.15) is 59.5 Å². The van der Waals surface area contributed by atoms with Crippen LogP contribution < -0.4 is 23.6 Å². The number of carbonyl (C=O) groups is 2. The van der Waals surface area contributed by atoms with Crippen LogP contribution in [0.4, 0.5) is 11.4 Å². The van der Waals surface area contributed by atoms with Crippen LogP contribution in [0.2, 0.25) is 10.0 Å². The highest BCUT2D eigenvalue weighted by Crippen LogP contribution is 2.29. The van der Waals surface area contributed by atoms with Gasteiger partial charge in [-0.05, 0) is 125 Å². The molecule has 6 aromatic rings. The lowest BCUT2D eigenvalue weighted by molar-refractivity contribution is -0.904. The summed E-state index contributed by atoms with van der Waals surface area (Å²) in [4.78, 5) is 29.7. The molecule has 3 N–H and O–H groups in total. The summed E-state index contributed by atoms with van der Waals surface area (Å²) in [6.07, 6.45) is 5.51. The normalized spacial score (nSPS) is 11.1. The predicted octanol–water partition coefficient (Wildman–Crippen LogP) is 9.66. The van der Waals surface area contributed by atoms with Crippen LogP contribution in [-0.2, 0) is 20.0 Å². The van der Waals surface area contributed by atoms with Crippen LogP contribution in [0.5, 0.6) is 11.5 Å². The van der Waals surface area contributed by atoms with E-state index in [0.717, 1.165) is 4.73 Å². The van der Waals surface area contributed by atoms with Crippen LogP contribution in [0.3, 0.4) is 0 Å². The van der Waals surface area contributed by atoms with Gasteiger partial charge in [-0.15, -0.1) is 23.2 Å². The average molecular weight is 964 g/mol. The summed E-state index contributed by atoms with van der Waals surface area (Å²) < 4.78 is 68.1. The van der Waals surface area contributed by atoms with Gasteiger partial charge < -0.3 is 9.47 Å². The number of alkyl halides is 2. The molecule has 2 heterocycles. The van der Waals surface area contributed by atoms with Crippen molar-refractivity contribution in [3.63, 3.8) is 0 Å². The number of aromatic nitrogens is 2. The number of ketones is 2. The minimum absolute atomic E-state index is 0.0213. The number of pyridine rings is 2. The van der Waals surface area contributed by atoms with Crippen molar-refractivity contribution in [2.24, 2.45) is 0 Å². The maximum absolute atomic E-state index is 12.9. The van der Waals surface area contributed by atoms with Crippen molar-refractivity contribution in [3.8, 4) is 11.5 Å². The largest absolute Gasteiger partial charge is 0.491 e. The van der Waals surface area contributed by atoms with Crippen LogP contribution >= 0.6 is 46.4 Å². The molecule has 0 saturated heterocycles. The first kappa shape index (κ1) is 49.2. The monoisotopic (exact) mass is 961 g/mol. The Morgan fingerprint density at radius 2 is 0.968 bits per heavy atom. The molecular formula is C43H41Cl4N4O9S2+. The Morgan fingerprint density at radius 1 is 0.613 bits per heavy atom. The number of ether oxygens (including phenoxy) is 2. The number of halogens is 4. The molecule has 0 aliphatic carbocycles. The Kier molecular flexibility index (Phi) is 18.0. The molecule has 4 aromatic carbocycles. The molecule has 326 valence electrons. The Labute approximate surface area is 380 Å². The second-order valence-electron chi connectivity index (χ2n) is 13.3. The number of nitrogens with one attached hydrogen (secondary N) is 2. The summed E-state index contributed by atoms with van der Waals surface area (Å²) in [5.74, 6) is 0.306. The summed E-state index contributed by atoms with van der Waals surface area (Å²) in [5, 5.41) is 10.1.